The summed E-state index contributed by atoms with van der Waals surface area (Å²) in [6.45, 7) is 7.33. The molecule has 4 rings (SSSR count). The van der Waals surface area contributed by atoms with Crippen molar-refractivity contribution in [2.75, 3.05) is 38.2 Å². The normalized spacial score (nSPS) is 14.4. The molecule has 3 heterocycles. The van der Waals surface area contributed by atoms with Crippen molar-refractivity contribution in [2.24, 2.45) is 0 Å². The van der Waals surface area contributed by atoms with Crippen molar-refractivity contribution in [3.63, 3.8) is 0 Å². The second kappa shape index (κ2) is 8.52. The number of aromatic nitrogens is 1. The Bertz CT molecular complexity index is 1130. The molecule has 0 spiro atoms. The third-order valence-electron chi connectivity index (χ3n) is 5.66. The van der Waals surface area contributed by atoms with Gasteiger partial charge in [-0.15, -0.1) is 11.3 Å². The molecule has 3 aromatic rings. The number of piperazine rings is 1. The Kier molecular flexibility index (Phi) is 5.81. The maximum absolute atomic E-state index is 13.4. The molecule has 0 radical (unpaired) electrons. The highest BCUT2D eigenvalue weighted by Gasteiger charge is 2.28. The summed E-state index contributed by atoms with van der Waals surface area (Å²) in [4.78, 5) is 31.5. The lowest BCUT2D eigenvalue weighted by atomic mass is 10.1. The van der Waals surface area contributed by atoms with Crippen LogP contribution < -0.4 is 15.2 Å². The van der Waals surface area contributed by atoms with Crippen LogP contribution in [0.15, 0.2) is 41.3 Å². The van der Waals surface area contributed by atoms with E-state index < -0.39 is 0 Å². The molecule has 1 amide bonds. The van der Waals surface area contributed by atoms with Gasteiger partial charge in [0.25, 0.3) is 11.5 Å². The van der Waals surface area contributed by atoms with E-state index in [1.807, 2.05) is 55.3 Å². The van der Waals surface area contributed by atoms with Gasteiger partial charge in [-0.25, -0.2) is 0 Å². The molecule has 7 heteroatoms. The van der Waals surface area contributed by atoms with E-state index in [9.17, 15) is 9.59 Å². The van der Waals surface area contributed by atoms with Crippen molar-refractivity contribution in [1.82, 2.24) is 9.47 Å². The first-order chi connectivity index (χ1) is 14.5. The van der Waals surface area contributed by atoms with E-state index in [1.165, 1.54) is 11.3 Å². The third kappa shape index (κ3) is 3.58. The number of carbonyl (C=O) groups is 1. The summed E-state index contributed by atoms with van der Waals surface area (Å²) in [6.07, 6.45) is 2.72. The highest BCUT2D eigenvalue weighted by molar-refractivity contribution is 7.19. The lowest BCUT2D eigenvalue weighted by molar-refractivity contribution is 0.0748. The predicted octanol–water partition coefficient (Wildman–Crippen LogP) is 3.75. The van der Waals surface area contributed by atoms with E-state index >= 15 is 0 Å². The molecule has 0 saturated carbocycles. The summed E-state index contributed by atoms with van der Waals surface area (Å²) in [5, 5.41) is 0.575. The van der Waals surface area contributed by atoms with Crippen LogP contribution >= 0.6 is 11.3 Å². The number of thiophene rings is 1. The lowest BCUT2D eigenvalue weighted by Gasteiger charge is -2.36. The van der Waals surface area contributed by atoms with Crippen molar-refractivity contribution in [1.29, 1.82) is 0 Å². The number of aryl methyl sites for hydroxylation is 2. The van der Waals surface area contributed by atoms with Crippen molar-refractivity contribution >= 4 is 33.0 Å². The molecule has 0 aliphatic carbocycles. The van der Waals surface area contributed by atoms with Crippen LogP contribution in [0.5, 0.6) is 5.75 Å². The van der Waals surface area contributed by atoms with Crippen molar-refractivity contribution in [2.45, 2.75) is 26.8 Å². The maximum atomic E-state index is 13.4. The number of hydrogen-bond acceptors (Lipinski definition) is 5. The van der Waals surface area contributed by atoms with Crippen molar-refractivity contribution in [3.05, 3.63) is 57.3 Å². The van der Waals surface area contributed by atoms with Crippen LogP contribution in [0.1, 0.15) is 28.6 Å². The Morgan fingerprint density at radius 3 is 2.57 bits per heavy atom. The number of ether oxygens (including phenoxy) is 1. The topological polar surface area (TPSA) is 54.8 Å². The van der Waals surface area contributed by atoms with Crippen LogP contribution in [0, 0.1) is 6.92 Å². The van der Waals surface area contributed by atoms with Crippen LogP contribution in [0.2, 0.25) is 0 Å². The van der Waals surface area contributed by atoms with E-state index in [0.29, 0.717) is 30.6 Å². The molecule has 0 bridgehead atoms. The van der Waals surface area contributed by atoms with Crippen molar-refractivity contribution < 1.29 is 9.53 Å². The molecule has 30 heavy (non-hydrogen) atoms. The maximum Gasteiger partial charge on any atom is 0.260 e. The minimum atomic E-state index is -0.0605. The van der Waals surface area contributed by atoms with Gasteiger partial charge in [0.05, 0.1) is 23.7 Å². The van der Waals surface area contributed by atoms with Gasteiger partial charge < -0.3 is 19.1 Å². The molecule has 1 aromatic carbocycles. The molecule has 6 nitrogen and oxygen atoms in total. The zero-order valence-corrected chi connectivity index (χ0v) is 18.5. The monoisotopic (exact) mass is 425 g/mol. The second-order valence-corrected chi connectivity index (χ2v) is 8.79. The second-order valence-electron chi connectivity index (χ2n) is 7.54. The summed E-state index contributed by atoms with van der Waals surface area (Å²) < 4.78 is 8.08. The zero-order chi connectivity index (χ0) is 21.3. The number of nitrogens with zero attached hydrogens (tertiary/aromatic N) is 3. The van der Waals surface area contributed by atoms with Crippen LogP contribution in [-0.4, -0.2) is 48.7 Å². The molecule has 1 aliphatic heterocycles. The fourth-order valence-electron chi connectivity index (χ4n) is 4.14. The van der Waals surface area contributed by atoms with E-state index in [0.717, 1.165) is 40.5 Å². The van der Waals surface area contributed by atoms with Crippen LogP contribution in [0.25, 0.3) is 10.1 Å². The molecule has 158 valence electrons. The first kappa shape index (κ1) is 20.5. The lowest BCUT2D eigenvalue weighted by Crippen LogP contribution is -2.49. The highest BCUT2D eigenvalue weighted by Crippen LogP contribution is 2.31. The van der Waals surface area contributed by atoms with Gasteiger partial charge in [0.15, 0.2) is 0 Å². The van der Waals surface area contributed by atoms with Crippen LogP contribution in [0.3, 0.4) is 0 Å². The Morgan fingerprint density at radius 2 is 1.87 bits per heavy atom. The fraction of sp³-hybridized carbons (Fsp3) is 0.391. The number of pyridine rings is 1. The van der Waals surface area contributed by atoms with Gasteiger partial charge in [-0.2, -0.15) is 0 Å². The smallest absolute Gasteiger partial charge is 0.260 e. The molecule has 2 aromatic heterocycles. The third-order valence-corrected chi connectivity index (χ3v) is 6.73. The van der Waals surface area contributed by atoms with E-state index in [-0.39, 0.29) is 11.5 Å². The summed E-state index contributed by atoms with van der Waals surface area (Å²) in [5.74, 6) is 0.804. The number of para-hydroxylation sites is 2. The van der Waals surface area contributed by atoms with Crippen LogP contribution in [0.4, 0.5) is 5.69 Å². The highest BCUT2D eigenvalue weighted by atomic mass is 32.1. The molecule has 1 aliphatic rings. The van der Waals surface area contributed by atoms with Gasteiger partial charge in [0, 0.05) is 48.5 Å². The number of hydrogen-bond donors (Lipinski definition) is 0. The molecule has 1 fully saturated rings. The first-order valence-electron chi connectivity index (χ1n) is 10.3. The SMILES string of the molecule is CCCn1ccc2sc(C)c(C(=O)N3CCN(c4ccccc4OC)CC3)c2c1=O. The summed E-state index contributed by atoms with van der Waals surface area (Å²) in [5.41, 5.74) is 1.57. The number of carbonyl (C=O) groups excluding carboxylic acids is 1. The van der Waals surface area contributed by atoms with Gasteiger partial charge in [-0.1, -0.05) is 19.1 Å². The molecule has 0 atom stereocenters. The molecule has 0 N–H and O–H groups in total. The average molecular weight is 426 g/mol. The minimum Gasteiger partial charge on any atom is -0.495 e. The van der Waals surface area contributed by atoms with Gasteiger partial charge >= 0.3 is 0 Å². The molecular formula is C23H27N3O3S. The number of benzene rings is 1. The Morgan fingerprint density at radius 1 is 1.13 bits per heavy atom. The fourth-order valence-corrected chi connectivity index (χ4v) is 5.18. The molecule has 1 saturated heterocycles. The van der Waals surface area contributed by atoms with Gasteiger partial charge in [-0.3, -0.25) is 9.59 Å². The van der Waals surface area contributed by atoms with E-state index in [4.69, 9.17) is 4.74 Å². The Hall–Kier alpha value is -2.80. The number of amides is 1. The summed E-state index contributed by atoms with van der Waals surface area (Å²) >= 11 is 1.53. The minimum absolute atomic E-state index is 0.0372. The predicted molar refractivity (Wildman–Crippen MR) is 122 cm³/mol. The van der Waals surface area contributed by atoms with Crippen molar-refractivity contribution in [3.8, 4) is 5.75 Å². The standard InChI is InChI=1S/C23H27N3O3S/c1-4-10-25-11-9-19-21(23(25)28)20(16(2)30-19)22(27)26-14-12-24(13-15-26)17-7-5-6-8-18(17)29-3/h5-9,11H,4,10,12-15H2,1-3H3. The largest absolute Gasteiger partial charge is 0.495 e. The van der Waals surface area contributed by atoms with Crippen LogP contribution in [-0.2, 0) is 6.54 Å². The number of rotatable bonds is 5. The van der Waals surface area contributed by atoms with Gasteiger partial charge in [0.2, 0.25) is 0 Å². The summed E-state index contributed by atoms with van der Waals surface area (Å²) in [7, 11) is 1.67. The molecule has 0 unspecified atom stereocenters. The summed E-state index contributed by atoms with van der Waals surface area (Å²) in [6, 6.07) is 9.91. The Balaban J connectivity index is 1.59. The average Bonchev–Trinajstić information content (AvgIpc) is 3.12. The van der Waals surface area contributed by atoms with Gasteiger partial charge in [0.1, 0.15) is 5.75 Å². The number of anilines is 1. The van der Waals surface area contributed by atoms with E-state index in [1.54, 1.807) is 11.7 Å². The zero-order valence-electron chi connectivity index (χ0n) is 17.7. The number of fused-ring (bicyclic) bond motifs is 1. The van der Waals surface area contributed by atoms with Gasteiger partial charge in [-0.05, 0) is 31.5 Å². The Labute approximate surface area is 180 Å². The number of methoxy groups -OCH3 is 1. The molecular weight excluding hydrogens is 398 g/mol. The van der Waals surface area contributed by atoms with E-state index in [2.05, 4.69) is 4.90 Å². The quantitative estimate of drug-likeness (QED) is 0.625. The first-order valence-corrected chi connectivity index (χ1v) is 11.2.